The zero-order valence-corrected chi connectivity index (χ0v) is 50.3. The Morgan fingerprint density at radius 1 is 0.274 bits per heavy atom. The van der Waals surface area contributed by atoms with Crippen LogP contribution in [0.15, 0.2) is 0 Å². The Labute approximate surface area is 457 Å². The Kier molecular flexibility index (Phi) is 58.4. The molecule has 0 heterocycles. The van der Waals surface area contributed by atoms with E-state index < -0.39 is 6.10 Å². The molecule has 0 bridgehead atoms. The van der Waals surface area contributed by atoms with Crippen LogP contribution in [0.3, 0.4) is 0 Å². The van der Waals surface area contributed by atoms with Crippen LogP contribution >= 0.6 is 0 Å². The van der Waals surface area contributed by atoms with Crippen LogP contribution in [0.25, 0.3) is 0 Å². The van der Waals surface area contributed by atoms with E-state index in [9.17, 15) is 14.4 Å². The highest BCUT2D eigenvalue weighted by atomic mass is 16.6. The Bertz CT molecular complexity index is 1120. The van der Waals surface area contributed by atoms with E-state index in [-0.39, 0.29) is 31.1 Å². The van der Waals surface area contributed by atoms with Crippen molar-refractivity contribution in [2.45, 2.75) is 387 Å². The molecule has 3 atom stereocenters. The van der Waals surface area contributed by atoms with E-state index in [0.29, 0.717) is 19.3 Å². The summed E-state index contributed by atoms with van der Waals surface area (Å²) in [6, 6.07) is 0. The molecule has 0 aliphatic carbocycles. The topological polar surface area (TPSA) is 78.9 Å². The average Bonchev–Trinajstić information content (AvgIpc) is 3.39. The molecule has 0 aliphatic rings. The van der Waals surface area contributed by atoms with E-state index >= 15 is 0 Å². The number of hydrogen-bond acceptors (Lipinski definition) is 6. The van der Waals surface area contributed by atoms with Gasteiger partial charge in [0.25, 0.3) is 0 Å². The van der Waals surface area contributed by atoms with E-state index in [1.54, 1.807) is 0 Å². The third-order valence-corrected chi connectivity index (χ3v) is 16.2. The summed E-state index contributed by atoms with van der Waals surface area (Å²) in [7, 11) is 0. The fourth-order valence-corrected chi connectivity index (χ4v) is 10.4. The van der Waals surface area contributed by atoms with Gasteiger partial charge in [-0.1, -0.05) is 343 Å². The van der Waals surface area contributed by atoms with Crippen molar-refractivity contribution >= 4 is 17.9 Å². The second kappa shape index (κ2) is 59.7. The molecular formula is C67H130O6. The van der Waals surface area contributed by atoms with E-state index in [2.05, 4.69) is 34.6 Å². The van der Waals surface area contributed by atoms with Gasteiger partial charge in [0, 0.05) is 19.3 Å². The number of rotatable bonds is 61. The van der Waals surface area contributed by atoms with Gasteiger partial charge >= 0.3 is 17.9 Å². The molecule has 6 heteroatoms. The quantitative estimate of drug-likeness (QED) is 0.0343. The second-order valence-electron chi connectivity index (χ2n) is 23.6. The van der Waals surface area contributed by atoms with Crippen LogP contribution < -0.4 is 0 Å². The lowest BCUT2D eigenvalue weighted by Crippen LogP contribution is -2.30. The van der Waals surface area contributed by atoms with Crippen molar-refractivity contribution in [2.75, 3.05) is 13.2 Å². The molecule has 6 nitrogen and oxygen atoms in total. The zero-order valence-electron chi connectivity index (χ0n) is 50.3. The van der Waals surface area contributed by atoms with Gasteiger partial charge in [0.1, 0.15) is 13.2 Å². The van der Waals surface area contributed by atoms with Crippen molar-refractivity contribution in [3.63, 3.8) is 0 Å². The van der Waals surface area contributed by atoms with Gasteiger partial charge in [0.05, 0.1) is 0 Å². The molecule has 434 valence electrons. The van der Waals surface area contributed by atoms with Gasteiger partial charge in [-0.15, -0.1) is 0 Å². The fourth-order valence-electron chi connectivity index (χ4n) is 10.4. The molecule has 0 aromatic rings. The maximum atomic E-state index is 12.9. The minimum atomic E-state index is -0.764. The summed E-state index contributed by atoms with van der Waals surface area (Å²) in [4.78, 5) is 38.4. The first-order valence-corrected chi connectivity index (χ1v) is 33.3. The Hall–Kier alpha value is -1.59. The van der Waals surface area contributed by atoms with Crippen LogP contribution in [0.5, 0.6) is 0 Å². The fraction of sp³-hybridized carbons (Fsp3) is 0.955. The molecule has 0 aliphatic heterocycles. The molecule has 0 amide bonds. The third kappa shape index (κ3) is 57.9. The van der Waals surface area contributed by atoms with Gasteiger partial charge in [0.15, 0.2) is 6.10 Å². The van der Waals surface area contributed by atoms with Crippen LogP contribution in [0, 0.1) is 11.8 Å². The summed E-state index contributed by atoms with van der Waals surface area (Å²) in [5, 5.41) is 0. The van der Waals surface area contributed by atoms with Crippen LogP contribution in [-0.4, -0.2) is 37.2 Å². The summed E-state index contributed by atoms with van der Waals surface area (Å²) >= 11 is 0. The minimum Gasteiger partial charge on any atom is -0.462 e. The number of esters is 3. The standard InChI is InChI=1S/C67H130O6/c1-6-9-10-11-12-13-14-15-16-17-18-19-20-27-32-37-42-47-52-57-65(68)71-60-64(73-67(70)59-54-49-44-39-34-29-24-22-26-31-36-41-46-51-56-63(5)8-3)61-72-66(69)58-53-48-43-38-33-28-23-21-25-30-35-40-45-50-55-62(4)7-2/h62-64H,6-61H2,1-5H3/t62?,63?,64-/m0/s1. The first-order valence-electron chi connectivity index (χ1n) is 33.3. The van der Waals surface area contributed by atoms with Gasteiger partial charge in [-0.25, -0.2) is 0 Å². The maximum Gasteiger partial charge on any atom is 0.306 e. The maximum absolute atomic E-state index is 12.9. The highest BCUT2D eigenvalue weighted by Gasteiger charge is 2.20. The summed E-state index contributed by atoms with van der Waals surface area (Å²) in [6.07, 6.45) is 66.6. The van der Waals surface area contributed by atoms with Gasteiger partial charge in [-0.05, 0) is 31.1 Å². The lowest BCUT2D eigenvalue weighted by molar-refractivity contribution is -0.167. The molecule has 0 saturated heterocycles. The first-order chi connectivity index (χ1) is 35.8. The van der Waals surface area contributed by atoms with E-state index in [4.69, 9.17) is 14.2 Å². The van der Waals surface area contributed by atoms with Crippen molar-refractivity contribution in [2.24, 2.45) is 11.8 Å². The van der Waals surface area contributed by atoms with Crippen LogP contribution in [0.1, 0.15) is 381 Å². The van der Waals surface area contributed by atoms with Gasteiger partial charge < -0.3 is 14.2 Å². The predicted octanol–water partition coefficient (Wildman–Crippen LogP) is 22.4. The van der Waals surface area contributed by atoms with Crippen molar-refractivity contribution in [3.05, 3.63) is 0 Å². The molecule has 0 rings (SSSR count). The van der Waals surface area contributed by atoms with Crippen molar-refractivity contribution in [3.8, 4) is 0 Å². The normalized spacial score (nSPS) is 12.8. The molecule has 2 unspecified atom stereocenters. The first kappa shape index (κ1) is 71.4. The molecular weight excluding hydrogens is 901 g/mol. The molecule has 0 aromatic carbocycles. The number of carbonyl (C=O) groups excluding carboxylic acids is 3. The van der Waals surface area contributed by atoms with E-state index in [1.165, 1.54) is 270 Å². The van der Waals surface area contributed by atoms with Gasteiger partial charge in [-0.2, -0.15) is 0 Å². The largest absolute Gasteiger partial charge is 0.462 e. The van der Waals surface area contributed by atoms with E-state index in [0.717, 1.165) is 69.6 Å². The Balaban J connectivity index is 4.29. The molecule has 0 fully saturated rings. The Morgan fingerprint density at radius 3 is 0.712 bits per heavy atom. The predicted molar refractivity (Wildman–Crippen MR) is 316 cm³/mol. The summed E-state index contributed by atoms with van der Waals surface area (Å²) in [5.74, 6) is 0.961. The molecule has 0 radical (unpaired) electrons. The summed E-state index contributed by atoms with van der Waals surface area (Å²) in [6.45, 7) is 11.5. The average molecular weight is 1030 g/mol. The molecule has 0 saturated carbocycles. The van der Waals surface area contributed by atoms with Gasteiger partial charge in [-0.3, -0.25) is 14.4 Å². The van der Waals surface area contributed by atoms with Crippen LogP contribution in [0.4, 0.5) is 0 Å². The highest BCUT2D eigenvalue weighted by Crippen LogP contribution is 2.20. The molecule has 0 aromatic heterocycles. The minimum absolute atomic E-state index is 0.0616. The third-order valence-electron chi connectivity index (χ3n) is 16.2. The van der Waals surface area contributed by atoms with Gasteiger partial charge in [0.2, 0.25) is 0 Å². The molecule has 0 spiro atoms. The van der Waals surface area contributed by atoms with E-state index in [1.807, 2.05) is 0 Å². The second-order valence-corrected chi connectivity index (χ2v) is 23.6. The molecule has 73 heavy (non-hydrogen) atoms. The highest BCUT2D eigenvalue weighted by molar-refractivity contribution is 5.71. The smallest absolute Gasteiger partial charge is 0.306 e. The summed E-state index contributed by atoms with van der Waals surface area (Å²) < 4.78 is 17.0. The Morgan fingerprint density at radius 2 is 0.479 bits per heavy atom. The number of unbranched alkanes of at least 4 members (excludes halogenated alkanes) is 44. The lowest BCUT2D eigenvalue weighted by atomic mass is 9.99. The number of ether oxygens (including phenoxy) is 3. The SMILES string of the molecule is CCCCCCCCCCCCCCCCCCCCCC(=O)OC[C@@H](COC(=O)CCCCCCCCCCCCCCCCC(C)CC)OC(=O)CCCCCCCCCCCCCCCCC(C)CC. The number of hydrogen-bond donors (Lipinski definition) is 0. The lowest BCUT2D eigenvalue weighted by Gasteiger charge is -2.18. The monoisotopic (exact) mass is 1030 g/mol. The summed E-state index contributed by atoms with van der Waals surface area (Å²) in [5.41, 5.74) is 0. The zero-order chi connectivity index (χ0) is 53.2. The van der Waals surface area contributed by atoms with Crippen molar-refractivity contribution in [1.82, 2.24) is 0 Å². The van der Waals surface area contributed by atoms with Crippen LogP contribution in [0.2, 0.25) is 0 Å². The molecule has 0 N–H and O–H groups in total. The van der Waals surface area contributed by atoms with Crippen molar-refractivity contribution in [1.29, 1.82) is 0 Å². The number of carbonyl (C=O) groups is 3. The van der Waals surface area contributed by atoms with Crippen molar-refractivity contribution < 1.29 is 28.6 Å². The van der Waals surface area contributed by atoms with Crippen LogP contribution in [-0.2, 0) is 28.6 Å².